The van der Waals surface area contributed by atoms with Gasteiger partial charge in [-0.15, -0.1) is 13.2 Å². The molecule has 0 atom stereocenters. The second-order valence-electron chi connectivity index (χ2n) is 6.15. The number of ether oxygens (including phenoxy) is 1. The third kappa shape index (κ3) is 6.22. The van der Waals surface area contributed by atoms with Crippen molar-refractivity contribution >= 4 is 22.6 Å². The van der Waals surface area contributed by atoms with Crippen molar-refractivity contribution in [1.29, 1.82) is 0 Å². The zero-order chi connectivity index (χ0) is 21.9. The molecule has 0 spiro atoms. The van der Waals surface area contributed by atoms with E-state index in [4.69, 9.17) is 4.84 Å². The summed E-state index contributed by atoms with van der Waals surface area (Å²) in [7, 11) is 0. The number of halogens is 4. The molecule has 0 bridgehead atoms. The number of fused-ring (bicyclic) bond motifs is 1. The van der Waals surface area contributed by atoms with Crippen molar-refractivity contribution in [2.45, 2.75) is 19.8 Å². The van der Waals surface area contributed by atoms with E-state index in [-0.39, 0.29) is 64.9 Å². The number of carboxylic acids is 1. The van der Waals surface area contributed by atoms with Gasteiger partial charge in [0, 0.05) is 28.2 Å². The molecule has 31 heavy (non-hydrogen) atoms. The fraction of sp³-hybridized carbons (Fsp3) is 0.200. The van der Waals surface area contributed by atoms with Crippen molar-refractivity contribution in [3.8, 4) is 5.75 Å². The van der Waals surface area contributed by atoms with Crippen LogP contribution in [0.15, 0.2) is 53.8 Å². The van der Waals surface area contributed by atoms with Crippen LogP contribution in [0.3, 0.4) is 0 Å². The molecule has 0 amide bonds. The molecule has 0 N–H and O–H groups in total. The molecular formula is C20H15F4N2NaO4. The Morgan fingerprint density at radius 1 is 1.19 bits per heavy atom. The van der Waals surface area contributed by atoms with Gasteiger partial charge in [0.25, 0.3) is 0 Å². The Balaban J connectivity index is 0.00000341. The SMILES string of the molecule is CCON=C(Cn1cc(C(=O)[O-])c2cc(F)ccc21)c1cccc(OC(F)(F)F)c1.[Na+]. The van der Waals surface area contributed by atoms with Crippen LogP contribution in [0, 0.1) is 5.82 Å². The summed E-state index contributed by atoms with van der Waals surface area (Å²) in [5, 5.41) is 15.5. The van der Waals surface area contributed by atoms with E-state index in [1.807, 2.05) is 0 Å². The molecule has 0 saturated carbocycles. The summed E-state index contributed by atoms with van der Waals surface area (Å²) < 4.78 is 56.6. The monoisotopic (exact) mass is 446 g/mol. The number of hydrogen-bond donors (Lipinski definition) is 0. The number of oxime groups is 1. The zero-order valence-electron chi connectivity index (χ0n) is 16.6. The fourth-order valence-electron chi connectivity index (χ4n) is 2.91. The van der Waals surface area contributed by atoms with Gasteiger partial charge in [-0.05, 0) is 37.3 Å². The number of carbonyl (C=O) groups is 1. The summed E-state index contributed by atoms with van der Waals surface area (Å²) in [4.78, 5) is 16.5. The number of carbonyl (C=O) groups excluding carboxylic acids is 1. The largest absolute Gasteiger partial charge is 1.00 e. The molecule has 3 rings (SSSR count). The first-order chi connectivity index (χ1) is 14.2. The van der Waals surface area contributed by atoms with Crippen LogP contribution in [-0.4, -0.2) is 29.2 Å². The normalized spacial score (nSPS) is 11.8. The Morgan fingerprint density at radius 3 is 2.58 bits per heavy atom. The van der Waals surface area contributed by atoms with Crippen molar-refractivity contribution in [2.24, 2.45) is 5.16 Å². The second-order valence-corrected chi connectivity index (χ2v) is 6.15. The molecule has 0 fully saturated rings. The number of hydrogen-bond acceptors (Lipinski definition) is 5. The summed E-state index contributed by atoms with van der Waals surface area (Å²) in [6.07, 6.45) is -3.61. The Labute approximate surface area is 196 Å². The summed E-state index contributed by atoms with van der Waals surface area (Å²) in [5.74, 6) is -2.56. The minimum Gasteiger partial charge on any atom is -0.545 e. The predicted molar refractivity (Wildman–Crippen MR) is 97.5 cm³/mol. The molecule has 0 unspecified atom stereocenters. The van der Waals surface area contributed by atoms with Gasteiger partial charge in [-0.1, -0.05) is 17.3 Å². The minimum absolute atomic E-state index is 0. The first-order valence-corrected chi connectivity index (χ1v) is 8.72. The Kier molecular flexibility index (Phi) is 8.10. The molecule has 1 aromatic heterocycles. The van der Waals surface area contributed by atoms with Crippen molar-refractivity contribution in [3.63, 3.8) is 0 Å². The number of aromatic carboxylic acids is 1. The van der Waals surface area contributed by atoms with Crippen molar-refractivity contribution in [1.82, 2.24) is 4.57 Å². The van der Waals surface area contributed by atoms with E-state index in [9.17, 15) is 27.5 Å². The smallest absolute Gasteiger partial charge is 0.545 e. The van der Waals surface area contributed by atoms with E-state index in [0.29, 0.717) is 5.52 Å². The number of aromatic nitrogens is 1. The summed E-state index contributed by atoms with van der Waals surface area (Å²) >= 11 is 0. The molecule has 0 radical (unpaired) electrons. The standard InChI is InChI=1S/C20H16F4N2O4.Na/c1-2-29-25-17(12-4-3-5-14(8-12)30-20(22,23)24)11-26-10-16(19(27)28)15-9-13(21)6-7-18(15)26;/h3-10H,2,11H2,1H3,(H,27,28);/q;+1/p-1. The van der Waals surface area contributed by atoms with Gasteiger partial charge in [-0.2, -0.15) is 0 Å². The molecule has 2 aromatic carbocycles. The predicted octanol–water partition coefficient (Wildman–Crippen LogP) is 0.487. The maximum Gasteiger partial charge on any atom is 1.00 e. The number of alkyl halides is 3. The van der Waals surface area contributed by atoms with E-state index in [2.05, 4.69) is 9.89 Å². The van der Waals surface area contributed by atoms with Gasteiger partial charge < -0.3 is 24.0 Å². The number of nitrogens with zero attached hydrogens (tertiary/aromatic N) is 2. The average molecular weight is 446 g/mol. The molecule has 158 valence electrons. The maximum atomic E-state index is 13.6. The third-order valence-corrected chi connectivity index (χ3v) is 4.09. The van der Waals surface area contributed by atoms with Gasteiger partial charge in [0.2, 0.25) is 0 Å². The molecule has 11 heteroatoms. The first-order valence-electron chi connectivity index (χ1n) is 8.72. The van der Waals surface area contributed by atoms with Gasteiger partial charge in [-0.3, -0.25) is 0 Å². The Bertz CT molecular complexity index is 1110. The molecule has 0 aliphatic heterocycles. The van der Waals surface area contributed by atoms with Gasteiger partial charge >= 0.3 is 35.9 Å². The van der Waals surface area contributed by atoms with E-state index in [0.717, 1.165) is 24.3 Å². The van der Waals surface area contributed by atoms with E-state index in [1.165, 1.54) is 29.0 Å². The topological polar surface area (TPSA) is 75.9 Å². The van der Waals surface area contributed by atoms with E-state index in [1.54, 1.807) is 6.92 Å². The van der Waals surface area contributed by atoms with Crippen LogP contribution < -0.4 is 39.4 Å². The molecule has 3 aromatic rings. The molecule has 0 saturated heterocycles. The molecule has 0 aliphatic rings. The van der Waals surface area contributed by atoms with Crippen molar-refractivity contribution in [3.05, 3.63) is 65.6 Å². The average Bonchev–Trinajstić information content (AvgIpc) is 3.01. The number of benzene rings is 2. The molecular weight excluding hydrogens is 431 g/mol. The molecule has 6 nitrogen and oxygen atoms in total. The quantitative estimate of drug-likeness (QED) is 0.229. The van der Waals surface area contributed by atoms with Crippen LogP contribution in [0.4, 0.5) is 17.6 Å². The fourth-order valence-corrected chi connectivity index (χ4v) is 2.91. The summed E-state index contributed by atoms with van der Waals surface area (Å²) in [6, 6.07) is 8.75. The van der Waals surface area contributed by atoms with Gasteiger partial charge in [0.1, 0.15) is 23.9 Å². The number of carboxylic acid groups (broad SMARTS) is 1. The van der Waals surface area contributed by atoms with Gasteiger partial charge in [0.05, 0.1) is 12.5 Å². The molecule has 1 heterocycles. The van der Waals surface area contributed by atoms with Crippen molar-refractivity contribution in [2.75, 3.05) is 6.61 Å². The zero-order valence-corrected chi connectivity index (χ0v) is 18.6. The second kappa shape index (κ2) is 10.2. The van der Waals surface area contributed by atoms with Gasteiger partial charge in [-0.25, -0.2) is 4.39 Å². The van der Waals surface area contributed by atoms with E-state index >= 15 is 0 Å². The Morgan fingerprint density at radius 2 is 1.94 bits per heavy atom. The molecule has 0 aliphatic carbocycles. The summed E-state index contributed by atoms with van der Waals surface area (Å²) in [6.45, 7) is 1.81. The van der Waals surface area contributed by atoms with E-state index < -0.39 is 23.9 Å². The number of rotatable bonds is 7. The van der Waals surface area contributed by atoms with Crippen LogP contribution in [0.1, 0.15) is 22.8 Å². The van der Waals surface area contributed by atoms with Crippen LogP contribution in [0.2, 0.25) is 0 Å². The van der Waals surface area contributed by atoms with Crippen LogP contribution >= 0.6 is 0 Å². The Hall–Kier alpha value is -2.56. The van der Waals surface area contributed by atoms with Crippen molar-refractivity contribution < 1.29 is 66.6 Å². The minimum atomic E-state index is -4.86. The van der Waals surface area contributed by atoms with Gasteiger partial charge in [0.15, 0.2) is 0 Å². The van der Waals surface area contributed by atoms with Crippen LogP contribution in [0.5, 0.6) is 5.75 Å². The van der Waals surface area contributed by atoms with Crippen LogP contribution in [-0.2, 0) is 11.4 Å². The summed E-state index contributed by atoms with van der Waals surface area (Å²) in [5.41, 5.74) is 0.622. The first kappa shape index (κ1) is 24.7. The third-order valence-electron chi connectivity index (χ3n) is 4.09. The maximum absolute atomic E-state index is 13.6. The van der Waals surface area contributed by atoms with Crippen LogP contribution in [0.25, 0.3) is 10.9 Å².